The summed E-state index contributed by atoms with van der Waals surface area (Å²) in [5.41, 5.74) is 0. The third-order valence-electron chi connectivity index (χ3n) is 1.72. The molecule has 0 N–H and O–H groups in total. The Balaban J connectivity index is 1.98. The number of hydrogen-bond donors (Lipinski definition) is 0. The van der Waals surface area contributed by atoms with Crippen molar-refractivity contribution in [1.82, 2.24) is 0 Å². The van der Waals surface area contributed by atoms with Crippen LogP contribution in [0.3, 0.4) is 0 Å². The zero-order valence-electron chi connectivity index (χ0n) is 6.13. The van der Waals surface area contributed by atoms with Crippen molar-refractivity contribution < 1.29 is 14.3 Å². The van der Waals surface area contributed by atoms with Gasteiger partial charge in [0.2, 0.25) is 0 Å². The Hall–Kier alpha value is -0.570. The second-order valence-corrected chi connectivity index (χ2v) is 2.44. The molecule has 0 heterocycles. The quantitative estimate of drug-likeness (QED) is 0.548. The molecule has 1 rings (SSSR count). The van der Waals surface area contributed by atoms with Crippen LogP contribution >= 0.6 is 0 Å². The van der Waals surface area contributed by atoms with Crippen LogP contribution in [0, 0.1) is 0 Å². The highest BCUT2D eigenvalue weighted by Crippen LogP contribution is 2.21. The molecular formula is C7H12O3. The highest BCUT2D eigenvalue weighted by atomic mass is 16.6. The molecule has 0 bridgehead atoms. The van der Waals surface area contributed by atoms with E-state index in [1.807, 2.05) is 0 Å². The van der Waals surface area contributed by atoms with Gasteiger partial charge in [-0.05, 0) is 19.3 Å². The van der Waals surface area contributed by atoms with E-state index in [1.165, 1.54) is 13.5 Å². The van der Waals surface area contributed by atoms with Crippen molar-refractivity contribution in [3.05, 3.63) is 0 Å². The monoisotopic (exact) mass is 144 g/mol. The van der Waals surface area contributed by atoms with Gasteiger partial charge in [-0.25, -0.2) is 4.79 Å². The second-order valence-electron chi connectivity index (χ2n) is 2.44. The summed E-state index contributed by atoms with van der Waals surface area (Å²) in [5.74, 6) is -0.285. The minimum absolute atomic E-state index is 0.112. The normalized spacial score (nSPS) is 18.1. The minimum atomic E-state index is -0.285. The van der Waals surface area contributed by atoms with Crippen LogP contribution in [0.2, 0.25) is 0 Å². The molecule has 3 heteroatoms. The maximum absolute atomic E-state index is 10.5. The molecule has 1 saturated carbocycles. The van der Waals surface area contributed by atoms with Crippen LogP contribution < -0.4 is 0 Å². The van der Waals surface area contributed by atoms with E-state index in [4.69, 9.17) is 4.74 Å². The number of hydrogen-bond acceptors (Lipinski definition) is 3. The summed E-state index contributed by atoms with van der Waals surface area (Å²) in [5, 5.41) is 0. The largest absolute Gasteiger partial charge is 0.467 e. The highest BCUT2D eigenvalue weighted by Gasteiger charge is 2.18. The number of carbonyl (C=O) groups is 1. The molecule has 58 valence electrons. The molecule has 3 nitrogen and oxygen atoms in total. The Morgan fingerprint density at radius 3 is 2.70 bits per heavy atom. The third kappa shape index (κ3) is 1.99. The van der Waals surface area contributed by atoms with E-state index in [-0.39, 0.29) is 12.6 Å². The molecule has 0 aliphatic heterocycles. The number of esters is 1. The first-order chi connectivity index (χ1) is 4.83. The summed E-state index contributed by atoms with van der Waals surface area (Å²) in [6.45, 7) is 0.112. The average Bonchev–Trinajstić information content (AvgIpc) is 1.84. The van der Waals surface area contributed by atoms with Crippen LogP contribution in [0.1, 0.15) is 19.3 Å². The van der Waals surface area contributed by atoms with Crippen LogP contribution in [0.4, 0.5) is 0 Å². The molecule has 10 heavy (non-hydrogen) atoms. The summed E-state index contributed by atoms with van der Waals surface area (Å²) in [4.78, 5) is 10.5. The van der Waals surface area contributed by atoms with E-state index < -0.39 is 0 Å². The van der Waals surface area contributed by atoms with Crippen molar-refractivity contribution in [2.24, 2.45) is 0 Å². The molecule has 0 unspecified atom stereocenters. The second kappa shape index (κ2) is 3.56. The number of carbonyl (C=O) groups excluding carboxylic acids is 1. The topological polar surface area (TPSA) is 35.5 Å². The van der Waals surface area contributed by atoms with Gasteiger partial charge in [0, 0.05) is 0 Å². The fourth-order valence-electron chi connectivity index (χ4n) is 0.782. The van der Waals surface area contributed by atoms with E-state index in [9.17, 15) is 4.79 Å². The Bertz CT molecular complexity index is 118. The predicted molar refractivity (Wildman–Crippen MR) is 35.6 cm³/mol. The van der Waals surface area contributed by atoms with Crippen LogP contribution in [0.25, 0.3) is 0 Å². The van der Waals surface area contributed by atoms with Crippen LogP contribution in [-0.2, 0) is 14.3 Å². The molecule has 0 atom stereocenters. The molecule has 0 amide bonds. The van der Waals surface area contributed by atoms with E-state index in [1.54, 1.807) is 0 Å². The van der Waals surface area contributed by atoms with Gasteiger partial charge in [-0.3, -0.25) is 0 Å². The predicted octanol–water partition coefficient (Wildman–Crippen LogP) is 0.728. The summed E-state index contributed by atoms with van der Waals surface area (Å²) in [6.07, 6.45) is 3.74. The maximum atomic E-state index is 10.5. The standard InChI is InChI=1S/C7H12O3/c1-9-7(8)5-10-6-3-2-4-6/h6H,2-5H2,1H3. The molecule has 0 spiro atoms. The van der Waals surface area contributed by atoms with Gasteiger partial charge in [0.05, 0.1) is 13.2 Å². The van der Waals surface area contributed by atoms with Gasteiger partial charge in [0.1, 0.15) is 6.61 Å². The fraction of sp³-hybridized carbons (Fsp3) is 0.857. The first kappa shape index (κ1) is 7.54. The lowest BCUT2D eigenvalue weighted by atomic mass is 9.96. The van der Waals surface area contributed by atoms with Crippen LogP contribution in [0.15, 0.2) is 0 Å². The van der Waals surface area contributed by atoms with Crippen molar-refractivity contribution >= 4 is 5.97 Å². The van der Waals surface area contributed by atoms with Crippen molar-refractivity contribution in [2.75, 3.05) is 13.7 Å². The first-order valence-corrected chi connectivity index (χ1v) is 3.51. The fourth-order valence-corrected chi connectivity index (χ4v) is 0.782. The summed E-state index contributed by atoms with van der Waals surface area (Å²) in [7, 11) is 1.37. The van der Waals surface area contributed by atoms with Crippen molar-refractivity contribution in [3.8, 4) is 0 Å². The molecule has 1 aliphatic carbocycles. The van der Waals surface area contributed by atoms with Crippen LogP contribution in [-0.4, -0.2) is 25.8 Å². The van der Waals surface area contributed by atoms with Gasteiger partial charge in [0.15, 0.2) is 0 Å². The molecule has 1 fully saturated rings. The number of ether oxygens (including phenoxy) is 2. The summed E-state index contributed by atoms with van der Waals surface area (Å²) in [6, 6.07) is 0. The van der Waals surface area contributed by atoms with Gasteiger partial charge < -0.3 is 9.47 Å². The Labute approximate surface area is 60.3 Å². The van der Waals surface area contributed by atoms with Gasteiger partial charge in [-0.2, -0.15) is 0 Å². The maximum Gasteiger partial charge on any atom is 0.331 e. The molecule has 0 saturated heterocycles. The van der Waals surface area contributed by atoms with E-state index in [0.717, 1.165) is 12.8 Å². The lowest BCUT2D eigenvalue weighted by molar-refractivity contribution is -0.149. The smallest absolute Gasteiger partial charge is 0.331 e. The molecule has 0 aromatic heterocycles. The summed E-state index contributed by atoms with van der Waals surface area (Å²) < 4.78 is 9.56. The van der Waals surface area contributed by atoms with E-state index >= 15 is 0 Å². The zero-order valence-corrected chi connectivity index (χ0v) is 6.13. The Kier molecular flexibility index (Phi) is 2.68. The molecule has 0 aromatic carbocycles. The van der Waals surface area contributed by atoms with E-state index in [0.29, 0.717) is 6.10 Å². The summed E-state index contributed by atoms with van der Waals surface area (Å²) >= 11 is 0. The Morgan fingerprint density at radius 1 is 1.60 bits per heavy atom. The molecular weight excluding hydrogens is 132 g/mol. The first-order valence-electron chi connectivity index (χ1n) is 3.51. The van der Waals surface area contributed by atoms with Gasteiger partial charge in [-0.15, -0.1) is 0 Å². The van der Waals surface area contributed by atoms with Gasteiger partial charge in [-0.1, -0.05) is 0 Å². The number of methoxy groups -OCH3 is 1. The van der Waals surface area contributed by atoms with Crippen molar-refractivity contribution in [1.29, 1.82) is 0 Å². The molecule has 0 radical (unpaired) electrons. The van der Waals surface area contributed by atoms with E-state index in [2.05, 4.69) is 4.74 Å². The highest BCUT2D eigenvalue weighted by molar-refractivity contribution is 5.70. The SMILES string of the molecule is COC(=O)COC1CCC1. The lowest BCUT2D eigenvalue weighted by Gasteiger charge is -2.24. The van der Waals surface area contributed by atoms with Crippen molar-refractivity contribution in [3.63, 3.8) is 0 Å². The van der Waals surface area contributed by atoms with Gasteiger partial charge in [0.25, 0.3) is 0 Å². The third-order valence-corrected chi connectivity index (χ3v) is 1.72. The minimum Gasteiger partial charge on any atom is -0.467 e. The van der Waals surface area contributed by atoms with Gasteiger partial charge >= 0.3 is 5.97 Å². The van der Waals surface area contributed by atoms with Crippen LogP contribution in [0.5, 0.6) is 0 Å². The van der Waals surface area contributed by atoms with Crippen molar-refractivity contribution in [2.45, 2.75) is 25.4 Å². The molecule has 0 aromatic rings. The lowest BCUT2D eigenvalue weighted by Crippen LogP contribution is -2.25. The zero-order chi connectivity index (χ0) is 7.40. The Morgan fingerprint density at radius 2 is 2.30 bits per heavy atom. The molecule has 1 aliphatic rings. The number of rotatable bonds is 3. The average molecular weight is 144 g/mol.